The van der Waals surface area contributed by atoms with Crippen LogP contribution in [0.1, 0.15) is 74.7 Å². The molecule has 1 rings (SSSR count). The lowest BCUT2D eigenvalue weighted by atomic mass is 10.3. The maximum absolute atomic E-state index is 4.55. The molecule has 0 aromatic heterocycles. The van der Waals surface area contributed by atoms with Gasteiger partial charge in [0.05, 0.1) is 0 Å². The SMILES string of the molecule is CC.CC.CCC(=NC=C(C)C)N(CC)C1CC1. The molecular formula is C16H34N2. The molecule has 0 heterocycles. The minimum atomic E-state index is 0.782. The summed E-state index contributed by atoms with van der Waals surface area (Å²) in [7, 11) is 0. The molecule has 0 saturated heterocycles. The van der Waals surface area contributed by atoms with Crippen molar-refractivity contribution < 1.29 is 0 Å². The fourth-order valence-electron chi connectivity index (χ4n) is 1.61. The second-order valence-electron chi connectivity index (χ2n) is 4.12. The van der Waals surface area contributed by atoms with E-state index in [9.17, 15) is 0 Å². The Morgan fingerprint density at radius 3 is 1.89 bits per heavy atom. The second kappa shape index (κ2) is 12.7. The molecule has 1 aliphatic rings. The Morgan fingerprint density at radius 1 is 1.11 bits per heavy atom. The zero-order chi connectivity index (χ0) is 14.6. The van der Waals surface area contributed by atoms with Gasteiger partial charge in [0.15, 0.2) is 0 Å². The van der Waals surface area contributed by atoms with E-state index in [0.717, 1.165) is 19.0 Å². The van der Waals surface area contributed by atoms with E-state index in [2.05, 4.69) is 37.6 Å². The number of rotatable bonds is 4. The summed E-state index contributed by atoms with van der Waals surface area (Å²) in [4.78, 5) is 7.00. The molecule has 0 atom stereocenters. The van der Waals surface area contributed by atoms with Crippen molar-refractivity contribution in [3.8, 4) is 0 Å². The van der Waals surface area contributed by atoms with E-state index < -0.39 is 0 Å². The van der Waals surface area contributed by atoms with Crippen molar-refractivity contribution in [2.24, 2.45) is 4.99 Å². The van der Waals surface area contributed by atoms with Crippen molar-refractivity contribution >= 4 is 5.84 Å². The van der Waals surface area contributed by atoms with Crippen LogP contribution in [0.4, 0.5) is 0 Å². The maximum Gasteiger partial charge on any atom is 0.104 e. The monoisotopic (exact) mass is 254 g/mol. The van der Waals surface area contributed by atoms with Gasteiger partial charge in [0, 0.05) is 25.2 Å². The first-order valence-corrected chi connectivity index (χ1v) is 7.65. The highest BCUT2D eigenvalue weighted by Crippen LogP contribution is 2.27. The minimum Gasteiger partial charge on any atom is -0.357 e. The molecular weight excluding hydrogens is 220 g/mol. The number of amidine groups is 1. The van der Waals surface area contributed by atoms with Crippen LogP contribution >= 0.6 is 0 Å². The van der Waals surface area contributed by atoms with E-state index in [4.69, 9.17) is 0 Å². The molecule has 2 heteroatoms. The zero-order valence-electron chi connectivity index (χ0n) is 13.9. The summed E-state index contributed by atoms with van der Waals surface area (Å²) in [5.74, 6) is 1.25. The number of hydrogen-bond donors (Lipinski definition) is 0. The van der Waals surface area contributed by atoms with Gasteiger partial charge in [0.1, 0.15) is 5.84 Å². The summed E-state index contributed by atoms with van der Waals surface area (Å²) in [5, 5.41) is 0. The Kier molecular flexibility index (Phi) is 13.7. The molecule has 0 bridgehead atoms. The smallest absolute Gasteiger partial charge is 0.104 e. The van der Waals surface area contributed by atoms with Gasteiger partial charge in [-0.05, 0) is 33.6 Å². The fraction of sp³-hybridized carbons (Fsp3) is 0.812. The number of nitrogens with zero attached hydrogens (tertiary/aromatic N) is 2. The van der Waals surface area contributed by atoms with Crippen molar-refractivity contribution in [3.05, 3.63) is 11.8 Å². The zero-order valence-corrected chi connectivity index (χ0v) is 13.9. The molecule has 0 radical (unpaired) electrons. The van der Waals surface area contributed by atoms with E-state index in [1.54, 1.807) is 0 Å². The molecule has 0 amide bonds. The van der Waals surface area contributed by atoms with E-state index in [1.807, 2.05) is 33.9 Å². The number of allylic oxidation sites excluding steroid dienone is 1. The van der Waals surface area contributed by atoms with Crippen molar-refractivity contribution in [2.75, 3.05) is 6.54 Å². The highest BCUT2D eigenvalue weighted by Gasteiger charge is 2.29. The largest absolute Gasteiger partial charge is 0.357 e. The van der Waals surface area contributed by atoms with Crippen LogP contribution in [0.5, 0.6) is 0 Å². The van der Waals surface area contributed by atoms with Crippen LogP contribution < -0.4 is 0 Å². The molecule has 1 fully saturated rings. The predicted molar refractivity (Wildman–Crippen MR) is 85.3 cm³/mol. The van der Waals surface area contributed by atoms with E-state index >= 15 is 0 Å². The van der Waals surface area contributed by atoms with Crippen molar-refractivity contribution in [1.29, 1.82) is 0 Å². The van der Waals surface area contributed by atoms with Crippen LogP contribution in [0, 0.1) is 0 Å². The summed E-state index contributed by atoms with van der Waals surface area (Å²) in [6, 6.07) is 0.782. The van der Waals surface area contributed by atoms with E-state index in [-0.39, 0.29) is 0 Å². The van der Waals surface area contributed by atoms with Gasteiger partial charge in [0.2, 0.25) is 0 Å². The van der Waals surface area contributed by atoms with Crippen LogP contribution in [-0.4, -0.2) is 23.3 Å². The minimum absolute atomic E-state index is 0.782. The highest BCUT2D eigenvalue weighted by atomic mass is 15.2. The van der Waals surface area contributed by atoms with Gasteiger partial charge in [-0.3, -0.25) is 0 Å². The van der Waals surface area contributed by atoms with Crippen LogP contribution in [0.2, 0.25) is 0 Å². The number of aliphatic imine (C=N–C) groups is 1. The van der Waals surface area contributed by atoms with Gasteiger partial charge in [-0.1, -0.05) is 40.2 Å². The summed E-state index contributed by atoms with van der Waals surface area (Å²) in [6.45, 7) is 17.7. The van der Waals surface area contributed by atoms with Crippen LogP contribution in [-0.2, 0) is 0 Å². The third-order valence-corrected chi connectivity index (χ3v) is 2.45. The normalized spacial score (nSPS) is 13.7. The van der Waals surface area contributed by atoms with E-state index in [1.165, 1.54) is 24.3 Å². The highest BCUT2D eigenvalue weighted by molar-refractivity contribution is 5.83. The van der Waals surface area contributed by atoms with Gasteiger partial charge >= 0.3 is 0 Å². The molecule has 0 N–H and O–H groups in total. The molecule has 1 aliphatic carbocycles. The summed E-state index contributed by atoms with van der Waals surface area (Å²) in [5.41, 5.74) is 1.27. The standard InChI is InChI=1S/C12H22N2.2C2H6/c1-5-12(13-9-10(3)4)14(6-2)11-7-8-11;2*1-2/h9,11H,5-8H2,1-4H3;2*1-2H3. The van der Waals surface area contributed by atoms with Crippen molar-refractivity contribution in [1.82, 2.24) is 4.90 Å². The topological polar surface area (TPSA) is 15.6 Å². The quantitative estimate of drug-likeness (QED) is 0.494. The average Bonchev–Trinajstić information content (AvgIpc) is 3.23. The second-order valence-corrected chi connectivity index (χ2v) is 4.12. The molecule has 0 unspecified atom stereocenters. The molecule has 0 aromatic carbocycles. The van der Waals surface area contributed by atoms with Crippen molar-refractivity contribution in [2.45, 2.75) is 80.7 Å². The Hall–Kier alpha value is -0.790. The first-order valence-electron chi connectivity index (χ1n) is 7.65. The lowest BCUT2D eigenvalue weighted by molar-refractivity contribution is 0.423. The molecule has 108 valence electrons. The third-order valence-electron chi connectivity index (χ3n) is 2.45. The molecule has 0 spiro atoms. The lowest BCUT2D eigenvalue weighted by Crippen LogP contribution is -2.32. The Bertz CT molecular complexity index is 233. The Labute approximate surface area is 115 Å². The van der Waals surface area contributed by atoms with Gasteiger partial charge < -0.3 is 4.90 Å². The van der Waals surface area contributed by atoms with E-state index in [0.29, 0.717) is 0 Å². The first-order chi connectivity index (χ1) is 8.69. The number of hydrogen-bond acceptors (Lipinski definition) is 1. The lowest BCUT2D eigenvalue weighted by Gasteiger charge is -2.23. The van der Waals surface area contributed by atoms with Crippen molar-refractivity contribution in [3.63, 3.8) is 0 Å². The summed E-state index contributed by atoms with van der Waals surface area (Å²) in [6.07, 6.45) is 5.71. The molecule has 18 heavy (non-hydrogen) atoms. The van der Waals surface area contributed by atoms with Gasteiger partial charge in [-0.25, -0.2) is 4.99 Å². The summed E-state index contributed by atoms with van der Waals surface area (Å²) >= 11 is 0. The molecule has 0 aromatic rings. The Balaban J connectivity index is 0. The van der Waals surface area contributed by atoms with Gasteiger partial charge in [-0.15, -0.1) is 0 Å². The van der Waals surface area contributed by atoms with Gasteiger partial charge in [0.25, 0.3) is 0 Å². The van der Waals surface area contributed by atoms with Crippen LogP contribution in [0.15, 0.2) is 16.8 Å². The van der Waals surface area contributed by atoms with Crippen LogP contribution in [0.3, 0.4) is 0 Å². The Morgan fingerprint density at radius 2 is 1.61 bits per heavy atom. The molecule has 2 nitrogen and oxygen atoms in total. The predicted octanol–water partition coefficient (Wildman–Crippen LogP) is 5.26. The summed E-state index contributed by atoms with van der Waals surface area (Å²) < 4.78 is 0. The fourth-order valence-corrected chi connectivity index (χ4v) is 1.61. The third kappa shape index (κ3) is 8.32. The first kappa shape index (κ1) is 19.5. The maximum atomic E-state index is 4.55. The molecule has 1 saturated carbocycles. The molecule has 0 aliphatic heterocycles. The van der Waals surface area contributed by atoms with Crippen LogP contribution in [0.25, 0.3) is 0 Å². The average molecular weight is 254 g/mol. The van der Waals surface area contributed by atoms with Gasteiger partial charge in [-0.2, -0.15) is 0 Å².